The number of likely N-dealkylation sites (N-methyl/N-ethyl adjacent to an activating group) is 1. The van der Waals surface area contributed by atoms with Gasteiger partial charge in [0.25, 0.3) is 0 Å². The highest BCUT2D eigenvalue weighted by atomic mass is 35.5. The highest BCUT2D eigenvalue weighted by Gasteiger charge is 2.09. The lowest BCUT2D eigenvalue weighted by atomic mass is 10.1. The molecule has 1 N–H and O–H groups in total. The summed E-state index contributed by atoms with van der Waals surface area (Å²) < 4.78 is 13.1. The fraction of sp³-hybridized carbons (Fsp3) is 0.571. The third-order valence-corrected chi connectivity index (χ3v) is 4.25. The van der Waals surface area contributed by atoms with Gasteiger partial charge in [0, 0.05) is 11.8 Å². The molecule has 0 saturated heterocycles. The van der Waals surface area contributed by atoms with Gasteiger partial charge in [-0.25, -0.2) is 4.39 Å². The van der Waals surface area contributed by atoms with Gasteiger partial charge in [-0.15, -0.1) is 0 Å². The summed E-state index contributed by atoms with van der Waals surface area (Å²) in [5.74, 6) is 1.92. The average molecular weight is 290 g/mol. The molecule has 0 aliphatic carbocycles. The van der Waals surface area contributed by atoms with Crippen molar-refractivity contribution >= 4 is 23.4 Å². The first-order valence-corrected chi connectivity index (χ1v) is 7.95. The summed E-state index contributed by atoms with van der Waals surface area (Å²) in [7, 11) is 0. The lowest BCUT2D eigenvalue weighted by Crippen LogP contribution is -2.33. The summed E-state index contributed by atoms with van der Waals surface area (Å²) >= 11 is 7.76. The van der Waals surface area contributed by atoms with Crippen LogP contribution in [0, 0.1) is 5.82 Å². The number of halogens is 2. The van der Waals surface area contributed by atoms with Crippen molar-refractivity contribution in [3.05, 3.63) is 34.6 Å². The smallest absolute Gasteiger partial charge is 0.141 e. The van der Waals surface area contributed by atoms with Gasteiger partial charge in [0.2, 0.25) is 0 Å². The maximum Gasteiger partial charge on any atom is 0.141 e. The quantitative estimate of drug-likeness (QED) is 0.722. The molecule has 1 aromatic carbocycles. The molecule has 18 heavy (non-hydrogen) atoms. The Bertz CT molecular complexity index is 360. The number of nitrogens with one attached hydrogen (secondary N) is 1. The second-order valence-corrected chi connectivity index (χ2v) is 5.84. The van der Waals surface area contributed by atoms with E-state index in [9.17, 15) is 4.39 Å². The van der Waals surface area contributed by atoms with Gasteiger partial charge < -0.3 is 5.32 Å². The lowest BCUT2D eigenvalue weighted by molar-refractivity contribution is 0.571. The van der Waals surface area contributed by atoms with Crippen LogP contribution in [0.2, 0.25) is 5.02 Å². The van der Waals surface area contributed by atoms with E-state index in [2.05, 4.69) is 19.2 Å². The van der Waals surface area contributed by atoms with E-state index in [1.807, 2.05) is 17.8 Å². The van der Waals surface area contributed by atoms with Crippen molar-refractivity contribution in [1.82, 2.24) is 5.32 Å². The van der Waals surface area contributed by atoms with Crippen molar-refractivity contribution in [2.75, 3.05) is 18.1 Å². The van der Waals surface area contributed by atoms with Crippen LogP contribution in [-0.4, -0.2) is 24.1 Å². The second-order valence-electron chi connectivity index (χ2n) is 4.28. The van der Waals surface area contributed by atoms with Gasteiger partial charge in [0.15, 0.2) is 0 Å². The van der Waals surface area contributed by atoms with Crippen LogP contribution in [0.4, 0.5) is 4.39 Å². The Morgan fingerprint density at radius 3 is 2.78 bits per heavy atom. The molecule has 1 unspecified atom stereocenters. The molecule has 0 spiro atoms. The van der Waals surface area contributed by atoms with Crippen molar-refractivity contribution in [2.45, 2.75) is 32.7 Å². The average Bonchev–Trinajstić information content (AvgIpc) is 2.34. The summed E-state index contributed by atoms with van der Waals surface area (Å²) in [5.41, 5.74) is 1.09. The first-order valence-electron chi connectivity index (χ1n) is 6.42. The van der Waals surface area contributed by atoms with Gasteiger partial charge in [0.05, 0.1) is 5.02 Å². The van der Waals surface area contributed by atoms with Gasteiger partial charge in [0.1, 0.15) is 5.82 Å². The minimum Gasteiger partial charge on any atom is -0.313 e. The normalized spacial score (nSPS) is 12.7. The van der Waals surface area contributed by atoms with E-state index in [-0.39, 0.29) is 10.8 Å². The maximum atomic E-state index is 13.1. The Kier molecular flexibility index (Phi) is 7.71. The Hall–Kier alpha value is -0.250. The van der Waals surface area contributed by atoms with Crippen LogP contribution in [0.1, 0.15) is 25.8 Å². The molecule has 0 aromatic heterocycles. The van der Waals surface area contributed by atoms with E-state index < -0.39 is 0 Å². The minimum atomic E-state index is -0.347. The summed E-state index contributed by atoms with van der Waals surface area (Å²) in [6.07, 6.45) is 2.09. The van der Waals surface area contributed by atoms with Crippen LogP contribution in [0.25, 0.3) is 0 Å². The van der Waals surface area contributed by atoms with Gasteiger partial charge >= 0.3 is 0 Å². The van der Waals surface area contributed by atoms with E-state index in [0.717, 1.165) is 24.3 Å². The molecular weight excluding hydrogens is 269 g/mol. The van der Waals surface area contributed by atoms with Crippen LogP contribution >= 0.6 is 23.4 Å². The molecule has 0 heterocycles. The number of rotatable bonds is 8. The Balaban J connectivity index is 2.55. The van der Waals surface area contributed by atoms with Crippen LogP contribution in [0.3, 0.4) is 0 Å². The molecule has 4 heteroatoms. The number of hydrogen-bond donors (Lipinski definition) is 1. The third-order valence-electron chi connectivity index (χ3n) is 2.63. The monoisotopic (exact) mass is 289 g/mol. The van der Waals surface area contributed by atoms with Crippen molar-refractivity contribution in [2.24, 2.45) is 0 Å². The zero-order valence-corrected chi connectivity index (χ0v) is 12.6. The molecule has 0 amide bonds. The van der Waals surface area contributed by atoms with Gasteiger partial charge in [-0.1, -0.05) is 31.5 Å². The summed E-state index contributed by atoms with van der Waals surface area (Å²) in [6.45, 7) is 5.25. The van der Waals surface area contributed by atoms with E-state index >= 15 is 0 Å². The molecule has 0 bridgehead atoms. The zero-order chi connectivity index (χ0) is 13.4. The largest absolute Gasteiger partial charge is 0.313 e. The molecule has 102 valence electrons. The topological polar surface area (TPSA) is 12.0 Å². The van der Waals surface area contributed by atoms with Crippen molar-refractivity contribution in [3.8, 4) is 0 Å². The molecule has 0 fully saturated rings. The van der Waals surface area contributed by atoms with E-state index in [0.29, 0.717) is 6.04 Å². The van der Waals surface area contributed by atoms with Crippen molar-refractivity contribution < 1.29 is 4.39 Å². The number of thioether (sulfide) groups is 1. The number of benzene rings is 1. The highest BCUT2D eigenvalue weighted by Crippen LogP contribution is 2.18. The number of hydrogen-bond acceptors (Lipinski definition) is 2. The van der Waals surface area contributed by atoms with Crippen LogP contribution < -0.4 is 5.32 Å². The predicted molar refractivity (Wildman–Crippen MR) is 80.2 cm³/mol. The second kappa shape index (κ2) is 8.78. The fourth-order valence-electron chi connectivity index (χ4n) is 1.80. The fourth-order valence-corrected chi connectivity index (χ4v) is 2.98. The molecule has 1 aromatic rings. The zero-order valence-electron chi connectivity index (χ0n) is 11.0. The third kappa shape index (κ3) is 5.59. The van der Waals surface area contributed by atoms with Gasteiger partial charge in [-0.2, -0.15) is 11.8 Å². The van der Waals surface area contributed by atoms with Crippen LogP contribution in [0.15, 0.2) is 18.2 Å². The highest BCUT2D eigenvalue weighted by molar-refractivity contribution is 7.99. The Morgan fingerprint density at radius 2 is 2.17 bits per heavy atom. The first kappa shape index (κ1) is 15.8. The van der Waals surface area contributed by atoms with E-state index in [4.69, 9.17) is 11.6 Å². The maximum absolute atomic E-state index is 13.1. The van der Waals surface area contributed by atoms with Crippen LogP contribution in [-0.2, 0) is 6.42 Å². The molecule has 0 saturated carbocycles. The molecule has 1 nitrogen and oxygen atoms in total. The summed E-state index contributed by atoms with van der Waals surface area (Å²) in [4.78, 5) is 0. The first-order chi connectivity index (χ1) is 8.67. The molecule has 1 rings (SSSR count). The standard InChI is InChI=1S/C14H21ClFNS/c1-3-7-18-10-12(17-4-2)8-11-5-6-14(16)13(15)9-11/h5-6,9,12,17H,3-4,7-8,10H2,1-2H3. The van der Waals surface area contributed by atoms with E-state index in [1.54, 1.807) is 6.07 Å². The molecule has 0 radical (unpaired) electrons. The lowest BCUT2D eigenvalue weighted by Gasteiger charge is -2.17. The SMILES string of the molecule is CCCSCC(Cc1ccc(F)c(Cl)c1)NCC. The molecule has 0 aliphatic heterocycles. The molecular formula is C14H21ClFNS. The molecule has 0 aliphatic rings. The van der Waals surface area contributed by atoms with Gasteiger partial charge in [-0.05, 0) is 42.8 Å². The van der Waals surface area contributed by atoms with Gasteiger partial charge in [-0.3, -0.25) is 0 Å². The summed E-state index contributed by atoms with van der Waals surface area (Å²) in [5, 5.41) is 3.68. The van der Waals surface area contributed by atoms with Crippen molar-refractivity contribution in [3.63, 3.8) is 0 Å². The van der Waals surface area contributed by atoms with Crippen LogP contribution in [0.5, 0.6) is 0 Å². The van der Waals surface area contributed by atoms with E-state index in [1.165, 1.54) is 18.2 Å². The Labute approximate surface area is 118 Å². The predicted octanol–water partition coefficient (Wildman–Crippen LogP) is 4.14. The van der Waals surface area contributed by atoms with Crippen molar-refractivity contribution in [1.29, 1.82) is 0 Å². The molecule has 1 atom stereocenters. The summed E-state index contributed by atoms with van der Waals surface area (Å²) in [6, 6.07) is 5.41. The minimum absolute atomic E-state index is 0.212. The Morgan fingerprint density at radius 1 is 1.39 bits per heavy atom.